The van der Waals surface area contributed by atoms with Crippen LogP contribution in [-0.4, -0.2) is 65.4 Å². The Balaban J connectivity index is 0.00000261. The summed E-state index contributed by atoms with van der Waals surface area (Å²) in [6.45, 7) is 1.78. The van der Waals surface area contributed by atoms with Crippen LogP contribution in [0.4, 0.5) is 4.79 Å². The number of aliphatic imine (C=N–C) groups is 1. The average Bonchev–Trinajstić information content (AvgIpc) is 3.36. The van der Waals surface area contributed by atoms with E-state index in [1.807, 2.05) is 6.07 Å². The lowest BCUT2D eigenvalue weighted by atomic mass is 10.1. The van der Waals surface area contributed by atoms with Gasteiger partial charge in [0.15, 0.2) is 11.7 Å². The second kappa shape index (κ2) is 10.1. The molecule has 11 heteroatoms. The molecule has 2 aromatic heterocycles. The zero-order valence-electron chi connectivity index (χ0n) is 15.3. The van der Waals surface area contributed by atoms with E-state index in [0.29, 0.717) is 43.0 Å². The van der Waals surface area contributed by atoms with E-state index < -0.39 is 0 Å². The van der Waals surface area contributed by atoms with Crippen LogP contribution in [0, 0.1) is 0 Å². The monoisotopic (exact) mass is 489 g/mol. The third-order valence-electron chi connectivity index (χ3n) is 4.19. The highest BCUT2D eigenvalue weighted by Gasteiger charge is 2.23. The van der Waals surface area contributed by atoms with Gasteiger partial charge in [0.25, 0.3) is 0 Å². The third kappa shape index (κ3) is 5.58. The van der Waals surface area contributed by atoms with Crippen molar-refractivity contribution in [1.29, 1.82) is 0 Å². The number of piperidine rings is 1. The number of guanidine groups is 1. The van der Waals surface area contributed by atoms with Gasteiger partial charge in [0.2, 0.25) is 5.82 Å². The summed E-state index contributed by atoms with van der Waals surface area (Å²) in [6, 6.07) is 3.85. The Morgan fingerprint density at radius 3 is 2.89 bits per heavy atom. The van der Waals surface area contributed by atoms with Crippen molar-refractivity contribution in [2.45, 2.75) is 25.4 Å². The lowest BCUT2D eigenvalue weighted by Gasteiger charge is -2.32. The molecule has 1 saturated heterocycles. The Kier molecular flexibility index (Phi) is 7.88. The van der Waals surface area contributed by atoms with Crippen LogP contribution in [-0.2, 0) is 11.3 Å². The van der Waals surface area contributed by atoms with E-state index in [1.54, 1.807) is 24.3 Å². The summed E-state index contributed by atoms with van der Waals surface area (Å²) < 4.78 is 10.0. The van der Waals surface area contributed by atoms with Crippen LogP contribution in [0.5, 0.6) is 0 Å². The number of nitrogens with zero attached hydrogens (tertiary/aromatic N) is 4. The van der Waals surface area contributed by atoms with E-state index in [2.05, 4.69) is 30.8 Å². The Morgan fingerprint density at radius 1 is 1.48 bits per heavy atom. The molecule has 0 spiro atoms. The summed E-state index contributed by atoms with van der Waals surface area (Å²) >= 11 is 0. The van der Waals surface area contributed by atoms with Crippen LogP contribution < -0.4 is 10.6 Å². The first-order chi connectivity index (χ1) is 12.7. The number of halogens is 1. The van der Waals surface area contributed by atoms with Gasteiger partial charge in [-0.15, -0.1) is 29.1 Å². The highest BCUT2D eigenvalue weighted by Crippen LogP contribution is 2.14. The molecular weight excluding hydrogens is 465 g/mol. The van der Waals surface area contributed by atoms with E-state index in [-0.39, 0.29) is 36.1 Å². The van der Waals surface area contributed by atoms with E-state index in [0.717, 1.165) is 12.8 Å². The van der Waals surface area contributed by atoms with Gasteiger partial charge in [-0.1, -0.05) is 0 Å². The molecule has 3 N–H and O–H groups in total. The van der Waals surface area contributed by atoms with Gasteiger partial charge in [0, 0.05) is 26.2 Å². The minimum absolute atomic E-state index is 0. The molecule has 27 heavy (non-hydrogen) atoms. The molecule has 0 unspecified atom stereocenters. The van der Waals surface area contributed by atoms with Gasteiger partial charge in [-0.25, -0.2) is 9.78 Å². The number of carbonyl (C=O) groups is 1. The van der Waals surface area contributed by atoms with Crippen molar-refractivity contribution in [2.24, 2.45) is 4.99 Å². The molecular formula is C16H24IN7O3. The maximum Gasteiger partial charge on any atom is 0.409 e. The number of likely N-dealkylation sites (tertiary alicyclic amines) is 1. The number of carbonyl (C=O) groups excluding carboxylic acids is 1. The molecule has 0 atom stereocenters. The number of amides is 1. The normalized spacial score (nSPS) is 15.2. The number of methoxy groups -OCH3 is 1. The first kappa shape index (κ1) is 21.0. The van der Waals surface area contributed by atoms with Gasteiger partial charge in [0.1, 0.15) is 5.82 Å². The summed E-state index contributed by atoms with van der Waals surface area (Å²) in [5.41, 5.74) is 0. The van der Waals surface area contributed by atoms with Crippen LogP contribution in [0.25, 0.3) is 11.6 Å². The lowest BCUT2D eigenvalue weighted by molar-refractivity contribution is 0.111. The van der Waals surface area contributed by atoms with E-state index in [1.165, 1.54) is 7.11 Å². The molecule has 0 radical (unpaired) electrons. The fourth-order valence-electron chi connectivity index (χ4n) is 2.78. The predicted molar refractivity (Wildman–Crippen MR) is 110 cm³/mol. The largest absolute Gasteiger partial charge is 0.461 e. The SMILES string of the molecule is CN=C(NCc1nc(-c2ccco2)n[nH]1)NC1CCN(C(=O)OC)CC1.I. The zero-order valence-corrected chi connectivity index (χ0v) is 17.6. The molecule has 148 valence electrons. The second-order valence-corrected chi connectivity index (χ2v) is 5.88. The van der Waals surface area contributed by atoms with Gasteiger partial charge in [-0.3, -0.25) is 10.1 Å². The van der Waals surface area contributed by atoms with Crippen molar-refractivity contribution >= 4 is 36.0 Å². The minimum Gasteiger partial charge on any atom is -0.461 e. The first-order valence-corrected chi connectivity index (χ1v) is 8.45. The average molecular weight is 489 g/mol. The number of hydrogen-bond donors (Lipinski definition) is 3. The highest BCUT2D eigenvalue weighted by molar-refractivity contribution is 14.0. The van der Waals surface area contributed by atoms with Crippen LogP contribution in [0.1, 0.15) is 18.7 Å². The van der Waals surface area contributed by atoms with Crippen LogP contribution in [0.2, 0.25) is 0 Å². The summed E-state index contributed by atoms with van der Waals surface area (Å²) in [5, 5.41) is 13.6. The molecule has 1 aliphatic heterocycles. The van der Waals surface area contributed by atoms with Gasteiger partial charge < -0.3 is 24.7 Å². The van der Waals surface area contributed by atoms with Crippen LogP contribution in [0.3, 0.4) is 0 Å². The van der Waals surface area contributed by atoms with Crippen molar-refractivity contribution < 1.29 is 13.9 Å². The molecule has 3 heterocycles. The fraction of sp³-hybridized carbons (Fsp3) is 0.500. The van der Waals surface area contributed by atoms with Gasteiger partial charge >= 0.3 is 6.09 Å². The lowest BCUT2D eigenvalue weighted by Crippen LogP contribution is -2.49. The number of furan rings is 1. The van der Waals surface area contributed by atoms with Crippen LogP contribution in [0.15, 0.2) is 27.8 Å². The molecule has 0 bridgehead atoms. The van der Waals surface area contributed by atoms with Crippen molar-refractivity contribution in [3.8, 4) is 11.6 Å². The van der Waals surface area contributed by atoms with Crippen molar-refractivity contribution in [3.63, 3.8) is 0 Å². The van der Waals surface area contributed by atoms with E-state index in [9.17, 15) is 4.79 Å². The summed E-state index contributed by atoms with van der Waals surface area (Å²) in [4.78, 5) is 21.8. The number of rotatable bonds is 4. The van der Waals surface area contributed by atoms with Crippen molar-refractivity contribution in [2.75, 3.05) is 27.2 Å². The molecule has 10 nitrogen and oxygen atoms in total. The molecule has 0 aliphatic carbocycles. The quantitative estimate of drug-likeness (QED) is 0.339. The smallest absolute Gasteiger partial charge is 0.409 e. The van der Waals surface area contributed by atoms with Crippen LogP contribution >= 0.6 is 24.0 Å². The molecule has 1 aliphatic rings. The van der Waals surface area contributed by atoms with Gasteiger partial charge in [-0.05, 0) is 25.0 Å². The van der Waals surface area contributed by atoms with Gasteiger partial charge in [0.05, 0.1) is 19.9 Å². The Bertz CT molecular complexity index is 739. The standard InChI is InChI=1S/C16H23N7O3.HI/c1-17-15(19-11-5-7-23(8-6-11)16(24)25-2)18-10-13-20-14(22-21-13)12-4-3-9-26-12;/h3-4,9,11H,5-8,10H2,1-2H3,(H2,17,18,19)(H,20,21,22);1H. The number of aromatic amines is 1. The summed E-state index contributed by atoms with van der Waals surface area (Å²) in [5.74, 6) is 2.50. The van der Waals surface area contributed by atoms with E-state index in [4.69, 9.17) is 9.15 Å². The van der Waals surface area contributed by atoms with E-state index >= 15 is 0 Å². The Hall–Kier alpha value is -2.31. The van der Waals surface area contributed by atoms with Gasteiger partial charge in [-0.2, -0.15) is 0 Å². The second-order valence-electron chi connectivity index (χ2n) is 5.88. The topological polar surface area (TPSA) is 121 Å². The summed E-state index contributed by atoms with van der Waals surface area (Å²) in [6.07, 6.45) is 2.98. The zero-order chi connectivity index (χ0) is 18.4. The number of nitrogens with one attached hydrogen (secondary N) is 3. The molecule has 0 aromatic carbocycles. The third-order valence-corrected chi connectivity index (χ3v) is 4.19. The molecule has 2 aromatic rings. The summed E-state index contributed by atoms with van der Waals surface area (Å²) in [7, 11) is 3.12. The highest BCUT2D eigenvalue weighted by atomic mass is 127. The molecule has 0 saturated carbocycles. The first-order valence-electron chi connectivity index (χ1n) is 8.45. The van der Waals surface area contributed by atoms with Crippen molar-refractivity contribution in [3.05, 3.63) is 24.2 Å². The molecule has 3 rings (SSSR count). The predicted octanol–water partition coefficient (Wildman–Crippen LogP) is 1.58. The minimum atomic E-state index is -0.274. The maximum atomic E-state index is 11.5. The number of aromatic nitrogens is 3. The maximum absolute atomic E-state index is 11.5. The number of H-pyrrole nitrogens is 1. The Morgan fingerprint density at radius 2 is 2.26 bits per heavy atom. The fourth-order valence-corrected chi connectivity index (χ4v) is 2.78. The number of hydrogen-bond acceptors (Lipinski definition) is 6. The molecule has 1 amide bonds. The Labute approximate surface area is 174 Å². The van der Waals surface area contributed by atoms with Crippen molar-refractivity contribution in [1.82, 2.24) is 30.7 Å². The number of ether oxygens (including phenoxy) is 1. The molecule has 1 fully saturated rings.